The number of halogens is 3. The minimum Gasteiger partial charge on any atom is -0.478 e. The van der Waals surface area contributed by atoms with E-state index >= 15 is 0 Å². The van der Waals surface area contributed by atoms with Crippen LogP contribution in [0.1, 0.15) is 20.7 Å². The van der Waals surface area contributed by atoms with E-state index in [9.17, 15) is 33.4 Å². The second kappa shape index (κ2) is 5.80. The summed E-state index contributed by atoms with van der Waals surface area (Å²) in [5.74, 6) is -7.09. The lowest BCUT2D eigenvalue weighted by molar-refractivity contribution is 0.0695. The van der Waals surface area contributed by atoms with Crippen LogP contribution in [-0.4, -0.2) is 27.1 Å². The van der Waals surface area contributed by atoms with Gasteiger partial charge in [-0.15, -0.1) is 0 Å². The van der Waals surface area contributed by atoms with Crippen LogP contribution in [-0.2, 0) is 0 Å². The van der Waals surface area contributed by atoms with Gasteiger partial charge in [-0.05, 0) is 12.1 Å². The van der Waals surface area contributed by atoms with Crippen LogP contribution in [0.4, 0.5) is 14.6 Å². The van der Waals surface area contributed by atoms with E-state index in [1.165, 1.54) is 0 Å². The molecular weight excluding hydrogens is 382 g/mol. The monoisotopic (exact) mass is 388 g/mol. The molecule has 0 amide bonds. The van der Waals surface area contributed by atoms with Crippen molar-refractivity contribution in [2.45, 2.75) is 0 Å². The Labute approximate surface area is 134 Å². The number of nitrogens with one attached hydrogen (secondary N) is 1. The summed E-state index contributed by atoms with van der Waals surface area (Å²) in [5.41, 5.74) is 0.691. The molecule has 7 nitrogen and oxygen atoms in total. The number of carbonyl (C=O) groups is 2. The smallest absolute Gasteiger partial charge is 0.342 e. The van der Waals surface area contributed by atoms with Crippen LogP contribution < -0.4 is 11.3 Å². The number of H-pyrrole nitrogens is 1. The van der Waals surface area contributed by atoms with Crippen LogP contribution in [0, 0.1) is 11.6 Å². The predicted molar refractivity (Wildman–Crippen MR) is 78.4 cm³/mol. The molecule has 2 aromatic rings. The van der Waals surface area contributed by atoms with Crippen molar-refractivity contribution in [3.05, 3.63) is 49.7 Å². The highest BCUT2D eigenvalue weighted by molar-refractivity contribution is 9.10. The van der Waals surface area contributed by atoms with Crippen molar-refractivity contribution in [3.8, 4) is 11.1 Å². The van der Waals surface area contributed by atoms with Crippen molar-refractivity contribution in [3.63, 3.8) is 0 Å². The lowest BCUT2D eigenvalue weighted by Crippen LogP contribution is -2.24. The summed E-state index contributed by atoms with van der Waals surface area (Å²) in [5, 5.41) is 18.4. The van der Waals surface area contributed by atoms with Crippen molar-refractivity contribution in [1.29, 1.82) is 0 Å². The Morgan fingerprint density at radius 2 is 1.65 bits per heavy atom. The Hall–Kier alpha value is -2.75. The fraction of sp³-hybridized carbons (Fsp3) is 0. The Morgan fingerprint density at radius 1 is 1.09 bits per heavy atom. The number of aromatic amines is 1. The molecule has 0 spiro atoms. The van der Waals surface area contributed by atoms with Gasteiger partial charge in [0, 0.05) is 15.6 Å². The van der Waals surface area contributed by atoms with Crippen LogP contribution in [0.5, 0.6) is 0 Å². The maximum absolute atomic E-state index is 14.2. The first-order valence-corrected chi connectivity index (χ1v) is 6.62. The van der Waals surface area contributed by atoms with Gasteiger partial charge in [-0.1, -0.05) is 15.9 Å². The number of benzene rings is 1. The summed E-state index contributed by atoms with van der Waals surface area (Å²) < 4.78 is 27.5. The number of rotatable bonds is 3. The Kier molecular flexibility index (Phi) is 4.19. The van der Waals surface area contributed by atoms with E-state index in [0.717, 1.165) is 12.1 Å². The highest BCUT2D eigenvalue weighted by Gasteiger charge is 2.30. The number of nitrogen functional groups attached to an aromatic ring is 1. The molecule has 0 saturated carbocycles. The summed E-state index contributed by atoms with van der Waals surface area (Å²) in [6.45, 7) is 0. The number of nitrogens with two attached hydrogens (primary N) is 1. The molecule has 2 rings (SSSR count). The molecule has 1 heterocycles. The van der Waals surface area contributed by atoms with Crippen molar-refractivity contribution in [2.75, 3.05) is 5.73 Å². The van der Waals surface area contributed by atoms with Gasteiger partial charge in [0.05, 0.1) is 0 Å². The second-order valence-corrected chi connectivity index (χ2v) is 5.18. The van der Waals surface area contributed by atoms with Gasteiger partial charge in [0.15, 0.2) is 11.6 Å². The predicted octanol–water partition coefficient (Wildman–Crippen LogP) is 2.06. The van der Waals surface area contributed by atoms with Gasteiger partial charge in [0.2, 0.25) is 0 Å². The summed E-state index contributed by atoms with van der Waals surface area (Å²) in [6.07, 6.45) is 0. The molecule has 0 radical (unpaired) electrons. The van der Waals surface area contributed by atoms with Crippen LogP contribution in [0.25, 0.3) is 11.1 Å². The van der Waals surface area contributed by atoms with E-state index in [1.807, 2.05) is 4.98 Å². The summed E-state index contributed by atoms with van der Waals surface area (Å²) in [7, 11) is 0. The third kappa shape index (κ3) is 2.68. The zero-order valence-electron chi connectivity index (χ0n) is 11.0. The molecular formula is C13H7BrF2N2O5. The second-order valence-electron chi connectivity index (χ2n) is 4.32. The number of pyridine rings is 1. The van der Waals surface area contributed by atoms with E-state index in [0.29, 0.717) is 0 Å². The van der Waals surface area contributed by atoms with Crippen LogP contribution in [0.2, 0.25) is 0 Å². The topological polar surface area (TPSA) is 133 Å². The normalized spacial score (nSPS) is 10.6. The van der Waals surface area contributed by atoms with Gasteiger partial charge in [0.25, 0.3) is 5.56 Å². The standard InChI is InChI=1S/C13H7BrF2N2O5/c14-3-1-2-4(15)9(16)5(3)6-7(12(20)21)10(17)18-11(19)8(6)13(22)23/h1-2H,(H,20,21)(H,22,23)(H3,17,18,19). The number of hydrogen-bond acceptors (Lipinski definition) is 4. The van der Waals surface area contributed by atoms with Gasteiger partial charge in [0.1, 0.15) is 16.9 Å². The largest absolute Gasteiger partial charge is 0.478 e. The number of aromatic nitrogens is 1. The van der Waals surface area contributed by atoms with Gasteiger partial charge in [-0.25, -0.2) is 18.4 Å². The van der Waals surface area contributed by atoms with Crippen LogP contribution in [0.3, 0.4) is 0 Å². The molecule has 10 heteroatoms. The van der Waals surface area contributed by atoms with Crippen LogP contribution in [0.15, 0.2) is 21.4 Å². The molecule has 0 atom stereocenters. The SMILES string of the molecule is Nc1[nH]c(=O)c(C(=O)O)c(-c2c(Br)ccc(F)c2F)c1C(=O)O. The van der Waals surface area contributed by atoms with Gasteiger partial charge in [-0.3, -0.25) is 4.79 Å². The molecule has 1 aromatic carbocycles. The first kappa shape index (κ1) is 16.6. The van der Waals surface area contributed by atoms with E-state index in [1.54, 1.807) is 0 Å². The molecule has 120 valence electrons. The summed E-state index contributed by atoms with van der Waals surface area (Å²) in [4.78, 5) is 36.4. The van der Waals surface area contributed by atoms with Crippen LogP contribution >= 0.6 is 15.9 Å². The first-order valence-electron chi connectivity index (χ1n) is 5.83. The first-order chi connectivity index (χ1) is 10.7. The molecule has 0 aliphatic heterocycles. The van der Waals surface area contributed by atoms with Crippen molar-refractivity contribution in [1.82, 2.24) is 4.98 Å². The lowest BCUT2D eigenvalue weighted by Gasteiger charge is -2.14. The molecule has 1 aromatic heterocycles. The fourth-order valence-corrected chi connectivity index (χ4v) is 2.56. The molecule has 23 heavy (non-hydrogen) atoms. The lowest BCUT2D eigenvalue weighted by atomic mass is 9.95. The number of hydrogen-bond donors (Lipinski definition) is 4. The maximum Gasteiger partial charge on any atom is 0.342 e. The van der Waals surface area contributed by atoms with Crippen molar-refractivity contribution < 1.29 is 28.6 Å². The molecule has 0 aliphatic carbocycles. The fourth-order valence-electron chi connectivity index (χ4n) is 2.05. The maximum atomic E-state index is 14.2. The third-order valence-electron chi connectivity index (χ3n) is 2.97. The minimum atomic E-state index is -1.82. The average molecular weight is 389 g/mol. The molecule has 0 bridgehead atoms. The highest BCUT2D eigenvalue weighted by atomic mass is 79.9. The van der Waals surface area contributed by atoms with Crippen molar-refractivity contribution in [2.24, 2.45) is 0 Å². The van der Waals surface area contributed by atoms with Gasteiger partial charge < -0.3 is 20.9 Å². The molecule has 0 fully saturated rings. The molecule has 0 unspecified atom stereocenters. The number of carboxylic acids is 2. The van der Waals surface area contributed by atoms with Crippen molar-refractivity contribution >= 4 is 33.7 Å². The number of carboxylic acid groups (broad SMARTS) is 2. The van der Waals surface area contributed by atoms with Gasteiger partial charge >= 0.3 is 11.9 Å². The quantitative estimate of drug-likeness (QED) is 0.594. The van der Waals surface area contributed by atoms with E-state index in [-0.39, 0.29) is 4.47 Å². The number of aromatic carboxylic acids is 2. The molecule has 5 N–H and O–H groups in total. The summed E-state index contributed by atoms with van der Waals surface area (Å²) in [6, 6.07) is 1.79. The van der Waals surface area contributed by atoms with E-state index in [4.69, 9.17) is 5.73 Å². The molecule has 0 aliphatic rings. The third-order valence-corrected chi connectivity index (χ3v) is 3.63. The highest BCUT2D eigenvalue weighted by Crippen LogP contribution is 2.37. The summed E-state index contributed by atoms with van der Waals surface area (Å²) >= 11 is 2.89. The van der Waals surface area contributed by atoms with E-state index < -0.39 is 57.2 Å². The Morgan fingerprint density at radius 3 is 2.17 bits per heavy atom. The van der Waals surface area contributed by atoms with Gasteiger partial charge in [-0.2, -0.15) is 0 Å². The minimum absolute atomic E-state index is 0.147. The zero-order chi connectivity index (χ0) is 17.5. The zero-order valence-corrected chi connectivity index (χ0v) is 12.6. The number of anilines is 1. The average Bonchev–Trinajstić information content (AvgIpc) is 2.42. The Bertz CT molecular complexity index is 910. The van der Waals surface area contributed by atoms with E-state index in [2.05, 4.69) is 15.9 Å². The molecule has 0 saturated heterocycles. The Balaban J connectivity index is 3.14.